The maximum absolute atomic E-state index is 11.7. The van der Waals surface area contributed by atoms with Gasteiger partial charge in [0.2, 0.25) is 0 Å². The molecule has 0 heterocycles. The van der Waals surface area contributed by atoms with Gasteiger partial charge in [-0.2, -0.15) is 0 Å². The second-order valence-electron chi connectivity index (χ2n) is 5.17. The lowest BCUT2D eigenvalue weighted by atomic mass is 10.1. The van der Waals surface area contributed by atoms with E-state index in [9.17, 15) is 29.6 Å². The third-order valence-corrected chi connectivity index (χ3v) is 3.25. The van der Waals surface area contributed by atoms with Crippen molar-refractivity contribution in [3.8, 4) is 5.75 Å². The summed E-state index contributed by atoms with van der Waals surface area (Å²) >= 11 is 0. The zero-order valence-corrected chi connectivity index (χ0v) is 14.5. The van der Waals surface area contributed by atoms with Crippen LogP contribution in [-0.2, 0) is 25.6 Å². The quantitative estimate of drug-likeness (QED) is 0.278. The summed E-state index contributed by atoms with van der Waals surface area (Å²) in [5.41, 5.74) is -0.636. The number of benzene rings is 1. The first-order valence-electron chi connectivity index (χ1n) is 7.81. The highest BCUT2D eigenvalue weighted by atomic mass is 16.6. The van der Waals surface area contributed by atoms with E-state index in [0.29, 0.717) is 0 Å². The van der Waals surface area contributed by atoms with Gasteiger partial charge in [-0.05, 0) is 13.8 Å². The van der Waals surface area contributed by atoms with Crippen molar-refractivity contribution in [1.29, 1.82) is 0 Å². The van der Waals surface area contributed by atoms with Crippen LogP contribution in [0.3, 0.4) is 0 Å². The Morgan fingerprint density at radius 2 is 1.73 bits per heavy atom. The van der Waals surface area contributed by atoms with Crippen molar-refractivity contribution in [2.45, 2.75) is 20.4 Å². The minimum atomic E-state index is -0.711. The minimum absolute atomic E-state index is 0.0231. The number of nitro groups is 1. The lowest BCUT2D eigenvalue weighted by Crippen LogP contribution is -2.35. The molecule has 1 rings (SSSR count). The van der Waals surface area contributed by atoms with Crippen LogP contribution < -0.4 is 0 Å². The highest BCUT2D eigenvalue weighted by Crippen LogP contribution is 2.28. The molecule has 0 aliphatic rings. The smallest absolute Gasteiger partial charge is 0.320 e. The summed E-state index contributed by atoms with van der Waals surface area (Å²) in [5.74, 6) is -1.68. The Balaban J connectivity index is 3.13. The van der Waals surface area contributed by atoms with Crippen LogP contribution in [-0.4, -0.2) is 59.5 Å². The Kier molecular flexibility index (Phi) is 8.16. The molecule has 0 saturated carbocycles. The van der Waals surface area contributed by atoms with E-state index in [2.05, 4.69) is 0 Å². The summed E-state index contributed by atoms with van der Waals surface area (Å²) in [5, 5.41) is 21.1. The van der Waals surface area contributed by atoms with Gasteiger partial charge in [0.1, 0.15) is 5.75 Å². The van der Waals surface area contributed by atoms with E-state index >= 15 is 0 Å². The summed E-state index contributed by atoms with van der Waals surface area (Å²) in [6.07, 6.45) is 0.285. The molecule has 26 heavy (non-hydrogen) atoms. The fourth-order valence-corrected chi connectivity index (χ4v) is 2.20. The number of phenols is 1. The number of aromatic hydroxyl groups is 1. The Hall–Kier alpha value is -3.01. The van der Waals surface area contributed by atoms with E-state index in [1.807, 2.05) is 0 Å². The fraction of sp³-hybridized carbons (Fsp3) is 0.438. The third kappa shape index (κ3) is 6.13. The molecular weight excluding hydrogens is 348 g/mol. The number of non-ortho nitro benzene ring substituents is 1. The molecule has 0 bridgehead atoms. The van der Waals surface area contributed by atoms with Gasteiger partial charge in [0, 0.05) is 24.2 Å². The Labute approximate surface area is 149 Å². The molecular formula is C16H20N2O8. The number of hydrogen-bond donors (Lipinski definition) is 1. The second kappa shape index (κ2) is 10.1. The molecule has 10 nitrogen and oxygen atoms in total. The van der Waals surface area contributed by atoms with Gasteiger partial charge >= 0.3 is 11.9 Å². The van der Waals surface area contributed by atoms with Crippen LogP contribution in [0.5, 0.6) is 5.75 Å². The van der Waals surface area contributed by atoms with E-state index in [-0.39, 0.29) is 50.3 Å². The van der Waals surface area contributed by atoms with E-state index in [1.54, 1.807) is 13.8 Å². The van der Waals surface area contributed by atoms with E-state index in [1.165, 1.54) is 4.90 Å². The highest BCUT2D eigenvalue weighted by molar-refractivity contribution is 5.81. The van der Waals surface area contributed by atoms with Crippen LogP contribution in [0.25, 0.3) is 0 Å². The molecule has 10 heteroatoms. The van der Waals surface area contributed by atoms with Gasteiger partial charge in [-0.1, -0.05) is 0 Å². The van der Waals surface area contributed by atoms with Crippen molar-refractivity contribution >= 4 is 23.9 Å². The van der Waals surface area contributed by atoms with Crippen LogP contribution >= 0.6 is 0 Å². The standard InChI is InChI=1S/C16H20N2O8/c1-3-25-14(20)8-17(9-15(21)26-4-2)7-11-5-13(18(23)24)6-12(10-19)16(11)22/h5-6,10,22H,3-4,7-9H2,1-2H3. The molecule has 0 unspecified atom stereocenters. The number of nitrogens with zero attached hydrogens (tertiary/aromatic N) is 2. The summed E-state index contributed by atoms with van der Waals surface area (Å²) < 4.78 is 9.66. The molecule has 142 valence electrons. The molecule has 0 aliphatic heterocycles. The van der Waals surface area contributed by atoms with Gasteiger partial charge in [0.05, 0.1) is 36.8 Å². The zero-order valence-electron chi connectivity index (χ0n) is 14.5. The number of phenolic OH excluding ortho intramolecular Hbond substituents is 1. The first-order valence-corrected chi connectivity index (χ1v) is 7.81. The lowest BCUT2D eigenvalue weighted by molar-refractivity contribution is -0.385. The molecule has 0 aromatic heterocycles. The average Bonchev–Trinajstić information content (AvgIpc) is 2.56. The monoisotopic (exact) mass is 368 g/mol. The van der Waals surface area contributed by atoms with Gasteiger partial charge in [0.25, 0.3) is 5.69 Å². The van der Waals surface area contributed by atoms with Crippen LogP contribution in [0, 0.1) is 10.1 Å². The second-order valence-corrected chi connectivity index (χ2v) is 5.17. The summed E-state index contributed by atoms with van der Waals surface area (Å²) in [7, 11) is 0. The predicted octanol–water partition coefficient (Wildman–Crippen LogP) is 1.04. The molecule has 0 radical (unpaired) electrons. The van der Waals surface area contributed by atoms with Crippen LogP contribution in [0.1, 0.15) is 29.8 Å². The van der Waals surface area contributed by atoms with Gasteiger partial charge in [0.15, 0.2) is 6.29 Å². The molecule has 0 aliphatic carbocycles. The predicted molar refractivity (Wildman–Crippen MR) is 88.7 cm³/mol. The number of aldehydes is 1. The van der Waals surface area contributed by atoms with Crippen molar-refractivity contribution in [3.05, 3.63) is 33.4 Å². The number of nitro benzene ring substituents is 1. The molecule has 1 aromatic carbocycles. The molecule has 0 saturated heterocycles. The summed E-state index contributed by atoms with van der Waals surface area (Å²) in [6.45, 7) is 2.72. The number of hydrogen-bond acceptors (Lipinski definition) is 9. The average molecular weight is 368 g/mol. The lowest BCUT2D eigenvalue weighted by Gasteiger charge is -2.21. The van der Waals surface area contributed by atoms with Gasteiger partial charge in [-0.15, -0.1) is 0 Å². The fourth-order valence-electron chi connectivity index (χ4n) is 2.20. The topological polar surface area (TPSA) is 136 Å². The van der Waals surface area contributed by atoms with Gasteiger partial charge in [-0.25, -0.2) is 0 Å². The molecule has 0 atom stereocenters. The van der Waals surface area contributed by atoms with Crippen molar-refractivity contribution < 1.29 is 33.9 Å². The largest absolute Gasteiger partial charge is 0.507 e. The Morgan fingerprint density at radius 1 is 1.19 bits per heavy atom. The van der Waals surface area contributed by atoms with Crippen molar-refractivity contribution in [2.24, 2.45) is 0 Å². The first-order chi connectivity index (χ1) is 12.3. The number of ether oxygens (including phenoxy) is 2. The van der Waals surface area contributed by atoms with Gasteiger partial charge < -0.3 is 14.6 Å². The van der Waals surface area contributed by atoms with Crippen LogP contribution in [0.2, 0.25) is 0 Å². The number of rotatable bonds is 10. The maximum atomic E-state index is 11.7. The van der Waals surface area contributed by atoms with E-state index < -0.39 is 28.3 Å². The van der Waals surface area contributed by atoms with Crippen molar-refractivity contribution in [1.82, 2.24) is 4.90 Å². The Morgan fingerprint density at radius 3 is 2.15 bits per heavy atom. The highest BCUT2D eigenvalue weighted by Gasteiger charge is 2.21. The molecule has 0 amide bonds. The van der Waals surface area contributed by atoms with Crippen LogP contribution in [0.15, 0.2) is 12.1 Å². The zero-order chi connectivity index (χ0) is 19.7. The Bertz CT molecular complexity index is 669. The first kappa shape index (κ1) is 21.0. The maximum Gasteiger partial charge on any atom is 0.320 e. The summed E-state index contributed by atoms with van der Waals surface area (Å²) in [6, 6.07) is 2.01. The van der Waals surface area contributed by atoms with Gasteiger partial charge in [-0.3, -0.25) is 29.4 Å². The third-order valence-electron chi connectivity index (χ3n) is 3.25. The number of carbonyl (C=O) groups excluding carboxylic acids is 3. The molecule has 0 spiro atoms. The summed E-state index contributed by atoms with van der Waals surface area (Å²) in [4.78, 5) is 46.0. The number of carbonyl (C=O) groups is 3. The SMILES string of the molecule is CCOC(=O)CN(CC(=O)OCC)Cc1cc([N+](=O)[O-])cc(C=O)c1O. The minimum Gasteiger partial charge on any atom is -0.507 e. The molecule has 1 N–H and O–H groups in total. The van der Waals surface area contributed by atoms with Crippen molar-refractivity contribution in [3.63, 3.8) is 0 Å². The number of esters is 2. The van der Waals surface area contributed by atoms with Crippen LogP contribution in [0.4, 0.5) is 5.69 Å². The van der Waals surface area contributed by atoms with E-state index in [4.69, 9.17) is 9.47 Å². The molecule has 1 aromatic rings. The normalized spacial score (nSPS) is 10.4. The molecule has 0 fully saturated rings. The van der Waals surface area contributed by atoms with E-state index in [0.717, 1.165) is 12.1 Å². The van der Waals surface area contributed by atoms with Crippen molar-refractivity contribution in [2.75, 3.05) is 26.3 Å².